The Balaban J connectivity index is 1.30. The Labute approximate surface area is 204 Å². The van der Waals surface area contributed by atoms with Crippen molar-refractivity contribution in [2.45, 2.75) is 26.3 Å². The monoisotopic (exact) mass is 483 g/mol. The van der Waals surface area contributed by atoms with Crippen molar-refractivity contribution in [3.8, 4) is 11.5 Å². The first kappa shape index (κ1) is 24.0. The van der Waals surface area contributed by atoms with Gasteiger partial charge in [0.1, 0.15) is 17.2 Å². The van der Waals surface area contributed by atoms with Gasteiger partial charge in [-0.15, -0.1) is 0 Å². The molecular weight excluding hydrogens is 454 g/mol. The molecule has 2 N–H and O–H groups in total. The van der Waals surface area contributed by atoms with Crippen LogP contribution in [0.15, 0.2) is 42.5 Å². The molecule has 1 fully saturated rings. The van der Waals surface area contributed by atoms with Crippen LogP contribution in [0.5, 0.6) is 11.5 Å². The van der Waals surface area contributed by atoms with Crippen molar-refractivity contribution in [1.29, 1.82) is 0 Å². The molecule has 2 aromatic carbocycles. The molecular formula is C26H30ClN3O4. The van der Waals surface area contributed by atoms with E-state index in [4.69, 9.17) is 21.1 Å². The van der Waals surface area contributed by atoms with Gasteiger partial charge in [0.05, 0.1) is 14.2 Å². The van der Waals surface area contributed by atoms with E-state index in [1.54, 1.807) is 26.4 Å². The number of aromatic nitrogens is 1. The van der Waals surface area contributed by atoms with Crippen LogP contribution in [0.25, 0.3) is 10.9 Å². The van der Waals surface area contributed by atoms with E-state index >= 15 is 0 Å². The molecule has 8 heteroatoms. The molecule has 0 spiro atoms. The number of amides is 2. The zero-order valence-electron chi connectivity index (χ0n) is 19.7. The highest BCUT2D eigenvalue weighted by molar-refractivity contribution is 6.31. The molecule has 180 valence electrons. The van der Waals surface area contributed by atoms with Crippen LogP contribution >= 0.6 is 11.6 Å². The second kappa shape index (κ2) is 10.4. The largest absolute Gasteiger partial charge is 0.497 e. The number of nitrogens with one attached hydrogen (secondary N) is 2. The number of rotatable bonds is 7. The Bertz CT molecular complexity index is 1180. The first-order chi connectivity index (χ1) is 16.4. The zero-order chi connectivity index (χ0) is 24.2. The van der Waals surface area contributed by atoms with Crippen LogP contribution in [0.3, 0.4) is 0 Å². The van der Waals surface area contributed by atoms with Crippen LogP contribution in [-0.2, 0) is 11.3 Å². The maximum Gasteiger partial charge on any atom is 0.270 e. The lowest BCUT2D eigenvalue weighted by Crippen LogP contribution is -2.42. The Morgan fingerprint density at radius 3 is 2.59 bits per heavy atom. The highest BCUT2D eigenvalue weighted by Gasteiger charge is 2.30. The highest BCUT2D eigenvalue weighted by atomic mass is 35.5. The molecule has 1 unspecified atom stereocenters. The minimum Gasteiger partial charge on any atom is -0.497 e. The van der Waals surface area contributed by atoms with Gasteiger partial charge in [0, 0.05) is 53.1 Å². The molecule has 1 saturated heterocycles. The van der Waals surface area contributed by atoms with Crippen LogP contribution in [0, 0.1) is 11.8 Å². The SMILES string of the molecule is COc1ccc(CNC(=O)C(C)C2CCN(C(=O)c3cc4cc(Cl)ccc4[nH]3)CC2)c(OC)c1. The fourth-order valence-corrected chi connectivity index (χ4v) is 4.73. The number of hydrogen-bond acceptors (Lipinski definition) is 4. The summed E-state index contributed by atoms with van der Waals surface area (Å²) < 4.78 is 10.6. The second-order valence-electron chi connectivity index (χ2n) is 8.73. The average molecular weight is 484 g/mol. The number of aromatic amines is 1. The van der Waals surface area contributed by atoms with Crippen LogP contribution < -0.4 is 14.8 Å². The number of halogens is 1. The molecule has 0 radical (unpaired) electrons. The third-order valence-electron chi connectivity index (χ3n) is 6.71. The van der Waals surface area contributed by atoms with Crippen molar-refractivity contribution in [3.05, 3.63) is 58.7 Å². The molecule has 2 amide bonds. The van der Waals surface area contributed by atoms with Gasteiger partial charge >= 0.3 is 0 Å². The number of methoxy groups -OCH3 is 2. The summed E-state index contributed by atoms with van der Waals surface area (Å²) in [6.07, 6.45) is 1.58. The van der Waals surface area contributed by atoms with Gasteiger partial charge in [0.2, 0.25) is 5.91 Å². The molecule has 4 rings (SSSR count). The quantitative estimate of drug-likeness (QED) is 0.512. The molecule has 1 aliphatic heterocycles. The van der Waals surface area contributed by atoms with Gasteiger partial charge < -0.3 is 24.7 Å². The normalized spacial score (nSPS) is 15.2. The summed E-state index contributed by atoms with van der Waals surface area (Å²) in [5.74, 6) is 1.46. The summed E-state index contributed by atoms with van der Waals surface area (Å²) >= 11 is 6.06. The lowest BCUT2D eigenvalue weighted by Gasteiger charge is -2.34. The smallest absolute Gasteiger partial charge is 0.270 e. The van der Waals surface area contributed by atoms with E-state index in [-0.39, 0.29) is 23.7 Å². The van der Waals surface area contributed by atoms with Gasteiger partial charge in [-0.1, -0.05) is 18.5 Å². The number of ether oxygens (including phenoxy) is 2. The molecule has 0 aliphatic carbocycles. The number of H-pyrrole nitrogens is 1. The Morgan fingerprint density at radius 2 is 1.88 bits per heavy atom. The summed E-state index contributed by atoms with van der Waals surface area (Å²) in [6.45, 7) is 3.61. The number of carbonyl (C=O) groups is 2. The maximum atomic E-state index is 13.0. The molecule has 3 aromatic rings. The molecule has 1 aromatic heterocycles. The fourth-order valence-electron chi connectivity index (χ4n) is 4.55. The predicted octanol–water partition coefficient (Wildman–Crippen LogP) is 4.64. The average Bonchev–Trinajstić information content (AvgIpc) is 3.29. The van der Waals surface area contributed by atoms with Crippen LogP contribution in [0.1, 0.15) is 35.8 Å². The number of carbonyl (C=O) groups excluding carboxylic acids is 2. The lowest BCUT2D eigenvalue weighted by atomic mass is 9.84. The third kappa shape index (κ3) is 5.14. The Morgan fingerprint density at radius 1 is 1.12 bits per heavy atom. The van der Waals surface area contributed by atoms with Gasteiger partial charge in [-0.05, 0) is 55.2 Å². The summed E-state index contributed by atoms with van der Waals surface area (Å²) in [4.78, 5) is 30.9. The van der Waals surface area contributed by atoms with Crippen LogP contribution in [0.4, 0.5) is 0 Å². The molecule has 1 atom stereocenters. The van der Waals surface area contributed by atoms with E-state index in [0.29, 0.717) is 41.8 Å². The summed E-state index contributed by atoms with van der Waals surface area (Å²) in [7, 11) is 3.20. The maximum absolute atomic E-state index is 13.0. The van der Waals surface area contributed by atoms with E-state index in [2.05, 4.69) is 10.3 Å². The topological polar surface area (TPSA) is 83.7 Å². The van der Waals surface area contributed by atoms with E-state index in [1.807, 2.05) is 42.2 Å². The van der Waals surface area contributed by atoms with E-state index < -0.39 is 0 Å². The van der Waals surface area contributed by atoms with Crippen LogP contribution in [0.2, 0.25) is 5.02 Å². The summed E-state index contributed by atoms with van der Waals surface area (Å²) in [5, 5.41) is 4.59. The summed E-state index contributed by atoms with van der Waals surface area (Å²) in [6, 6.07) is 12.9. The highest BCUT2D eigenvalue weighted by Crippen LogP contribution is 2.28. The summed E-state index contributed by atoms with van der Waals surface area (Å²) in [5.41, 5.74) is 2.35. The minimum absolute atomic E-state index is 0.00939. The van der Waals surface area contributed by atoms with Crippen LogP contribution in [-0.4, -0.2) is 49.0 Å². The Kier molecular flexibility index (Phi) is 7.32. The molecule has 0 bridgehead atoms. The number of nitrogens with zero attached hydrogens (tertiary/aromatic N) is 1. The first-order valence-electron chi connectivity index (χ1n) is 11.5. The number of benzene rings is 2. The first-order valence-corrected chi connectivity index (χ1v) is 11.8. The lowest BCUT2D eigenvalue weighted by molar-refractivity contribution is -0.126. The van der Waals surface area contributed by atoms with E-state index in [9.17, 15) is 9.59 Å². The minimum atomic E-state index is -0.142. The predicted molar refractivity (Wildman–Crippen MR) is 132 cm³/mol. The number of hydrogen-bond donors (Lipinski definition) is 2. The molecule has 1 aliphatic rings. The van der Waals surface area contributed by atoms with Crippen molar-refractivity contribution in [2.75, 3.05) is 27.3 Å². The molecule has 0 saturated carbocycles. The Hall–Kier alpha value is -3.19. The zero-order valence-corrected chi connectivity index (χ0v) is 20.4. The van der Waals surface area contributed by atoms with E-state index in [1.165, 1.54) is 0 Å². The number of piperidine rings is 1. The van der Waals surface area contributed by atoms with Gasteiger partial charge in [-0.25, -0.2) is 0 Å². The van der Waals surface area contributed by atoms with Gasteiger partial charge in [-0.2, -0.15) is 0 Å². The fraction of sp³-hybridized carbons (Fsp3) is 0.385. The van der Waals surface area contributed by atoms with Crippen molar-refractivity contribution in [1.82, 2.24) is 15.2 Å². The van der Waals surface area contributed by atoms with E-state index in [0.717, 1.165) is 29.3 Å². The molecule has 2 heterocycles. The van der Waals surface area contributed by atoms with Crippen molar-refractivity contribution >= 4 is 34.3 Å². The molecule has 34 heavy (non-hydrogen) atoms. The number of likely N-dealkylation sites (tertiary alicyclic amines) is 1. The van der Waals surface area contributed by atoms with Crippen molar-refractivity contribution in [3.63, 3.8) is 0 Å². The van der Waals surface area contributed by atoms with Gasteiger partial charge in [-0.3, -0.25) is 9.59 Å². The number of fused-ring (bicyclic) bond motifs is 1. The second-order valence-corrected chi connectivity index (χ2v) is 9.16. The van der Waals surface area contributed by atoms with Gasteiger partial charge in [0.15, 0.2) is 0 Å². The standard InChI is InChI=1S/C26H30ClN3O4/c1-16(25(31)28-15-18-4-6-21(33-2)14-24(18)34-3)17-8-10-30(11-9-17)26(32)23-13-19-12-20(27)5-7-22(19)29-23/h4-7,12-14,16-17,29H,8-11,15H2,1-3H3,(H,28,31). The van der Waals surface area contributed by atoms with Crippen molar-refractivity contribution < 1.29 is 19.1 Å². The van der Waals surface area contributed by atoms with Gasteiger partial charge in [0.25, 0.3) is 5.91 Å². The van der Waals surface area contributed by atoms with Crippen molar-refractivity contribution in [2.24, 2.45) is 11.8 Å². The molecule has 7 nitrogen and oxygen atoms in total. The third-order valence-corrected chi connectivity index (χ3v) is 6.94.